The van der Waals surface area contributed by atoms with Crippen LogP contribution in [-0.4, -0.2) is 25.9 Å². The molecule has 0 aromatic heterocycles. The summed E-state index contributed by atoms with van der Waals surface area (Å²) in [5, 5.41) is 21.4. The Kier molecular flexibility index (Phi) is 6.88. The highest BCUT2D eigenvalue weighted by Crippen LogP contribution is 2.34. The number of non-ortho nitro benzene ring substituents is 1. The number of carbonyl (C=O) groups excluding carboxylic acids is 2. The van der Waals surface area contributed by atoms with Gasteiger partial charge in [-0.1, -0.05) is 30.3 Å². The van der Waals surface area contributed by atoms with Gasteiger partial charge >= 0.3 is 0 Å². The zero-order valence-corrected chi connectivity index (χ0v) is 18.8. The lowest BCUT2D eigenvalue weighted by atomic mass is 10.1. The summed E-state index contributed by atoms with van der Waals surface area (Å²) in [6.07, 6.45) is 1.57. The van der Waals surface area contributed by atoms with E-state index in [1.807, 2.05) is 0 Å². The number of nitro groups is 2. The zero-order valence-electron chi connectivity index (χ0n) is 18.0. The van der Waals surface area contributed by atoms with E-state index in [0.29, 0.717) is 11.3 Å². The van der Waals surface area contributed by atoms with Crippen molar-refractivity contribution in [2.45, 2.75) is 13.2 Å². The topological polar surface area (TPSA) is 133 Å². The van der Waals surface area contributed by atoms with E-state index in [2.05, 4.69) is 0 Å². The van der Waals surface area contributed by atoms with E-state index in [9.17, 15) is 29.8 Å². The quantitative estimate of drug-likeness (QED) is 0.235. The molecule has 0 spiro atoms. The first kappa shape index (κ1) is 23.6. The Morgan fingerprint density at radius 3 is 2.23 bits per heavy atom. The summed E-state index contributed by atoms with van der Waals surface area (Å²) in [6, 6.07) is 18.9. The summed E-state index contributed by atoms with van der Waals surface area (Å²) in [5.41, 5.74) is 1.57. The molecule has 4 rings (SSSR count). The molecule has 11 heteroatoms. The van der Waals surface area contributed by atoms with Gasteiger partial charge in [0.05, 0.1) is 21.3 Å². The summed E-state index contributed by atoms with van der Waals surface area (Å²) in [7, 11) is 0. The number of nitro benzene ring substituents is 2. The fraction of sp³-hybridized carbons (Fsp3) is 0.0833. The number of hydrogen-bond donors (Lipinski definition) is 0. The van der Waals surface area contributed by atoms with Crippen molar-refractivity contribution in [3.05, 3.63) is 115 Å². The standard InChI is InChI=1S/C24H17N3O7S/c28-23-22(35-24(29)25(23)14-18-3-1-2-4-21(18)27(32)33)13-16-7-11-20(12-8-16)34-15-17-5-9-19(10-6-17)26(30)31/h1-13H,14-15H2/b22-13+. The van der Waals surface area contributed by atoms with Crippen LogP contribution in [0.3, 0.4) is 0 Å². The van der Waals surface area contributed by atoms with Crippen molar-refractivity contribution >= 4 is 40.4 Å². The number of para-hydroxylation sites is 1. The van der Waals surface area contributed by atoms with Crippen LogP contribution in [0.2, 0.25) is 0 Å². The van der Waals surface area contributed by atoms with Crippen LogP contribution < -0.4 is 4.74 Å². The smallest absolute Gasteiger partial charge is 0.293 e. The van der Waals surface area contributed by atoms with E-state index in [4.69, 9.17) is 4.74 Å². The van der Waals surface area contributed by atoms with Gasteiger partial charge in [0.1, 0.15) is 12.4 Å². The van der Waals surface area contributed by atoms with Gasteiger partial charge in [0.2, 0.25) is 0 Å². The predicted octanol–water partition coefficient (Wildman–Crippen LogP) is 5.32. The molecule has 1 aliphatic heterocycles. The predicted molar refractivity (Wildman–Crippen MR) is 128 cm³/mol. The van der Waals surface area contributed by atoms with Crippen molar-refractivity contribution < 1.29 is 24.2 Å². The van der Waals surface area contributed by atoms with Crippen LogP contribution in [0.1, 0.15) is 16.7 Å². The Morgan fingerprint density at radius 1 is 0.886 bits per heavy atom. The van der Waals surface area contributed by atoms with Crippen LogP contribution in [0.5, 0.6) is 5.75 Å². The van der Waals surface area contributed by atoms with Gasteiger partial charge in [0.25, 0.3) is 22.5 Å². The minimum atomic E-state index is -0.546. The number of rotatable bonds is 8. The second-order valence-corrected chi connectivity index (χ2v) is 8.43. The number of ether oxygens (including phenoxy) is 1. The van der Waals surface area contributed by atoms with Crippen molar-refractivity contribution in [2.24, 2.45) is 0 Å². The molecular formula is C24H17N3O7S. The molecule has 2 amide bonds. The fourth-order valence-corrected chi connectivity index (χ4v) is 4.16. The third-order valence-corrected chi connectivity index (χ3v) is 6.03. The van der Waals surface area contributed by atoms with Gasteiger partial charge in [-0.2, -0.15) is 0 Å². The fourth-order valence-electron chi connectivity index (χ4n) is 3.32. The van der Waals surface area contributed by atoms with Gasteiger partial charge in [0, 0.05) is 23.8 Å². The Balaban J connectivity index is 1.40. The van der Waals surface area contributed by atoms with Crippen LogP contribution in [0.15, 0.2) is 77.7 Å². The molecule has 0 atom stereocenters. The highest BCUT2D eigenvalue weighted by molar-refractivity contribution is 8.18. The monoisotopic (exact) mass is 491 g/mol. The number of hydrogen-bond acceptors (Lipinski definition) is 8. The summed E-state index contributed by atoms with van der Waals surface area (Å²) in [4.78, 5) is 47.3. The molecule has 176 valence electrons. The molecule has 0 unspecified atom stereocenters. The third kappa shape index (κ3) is 5.53. The number of benzene rings is 3. The van der Waals surface area contributed by atoms with E-state index >= 15 is 0 Å². The maximum atomic E-state index is 12.8. The number of nitrogens with zero attached hydrogens (tertiary/aromatic N) is 3. The van der Waals surface area contributed by atoms with Crippen molar-refractivity contribution in [3.63, 3.8) is 0 Å². The van der Waals surface area contributed by atoms with Crippen LogP contribution in [0.25, 0.3) is 6.08 Å². The second kappa shape index (κ2) is 10.2. The molecule has 0 radical (unpaired) electrons. The van der Waals surface area contributed by atoms with Gasteiger partial charge < -0.3 is 4.74 Å². The molecule has 35 heavy (non-hydrogen) atoms. The first-order valence-corrected chi connectivity index (χ1v) is 11.1. The van der Waals surface area contributed by atoms with E-state index in [1.165, 1.54) is 30.3 Å². The lowest BCUT2D eigenvalue weighted by molar-refractivity contribution is -0.385. The van der Waals surface area contributed by atoms with E-state index in [0.717, 1.165) is 22.2 Å². The number of amides is 2. The molecule has 10 nitrogen and oxygen atoms in total. The minimum Gasteiger partial charge on any atom is -0.489 e. The van der Waals surface area contributed by atoms with Crippen LogP contribution in [0.4, 0.5) is 16.2 Å². The van der Waals surface area contributed by atoms with Gasteiger partial charge in [-0.25, -0.2) is 0 Å². The van der Waals surface area contributed by atoms with Gasteiger partial charge in [-0.05, 0) is 53.2 Å². The summed E-state index contributed by atoms with van der Waals surface area (Å²) in [6.45, 7) is 0.0381. The average Bonchev–Trinajstić information content (AvgIpc) is 3.11. The van der Waals surface area contributed by atoms with Crippen LogP contribution >= 0.6 is 11.8 Å². The normalized spacial score (nSPS) is 14.4. The lowest BCUT2D eigenvalue weighted by Gasteiger charge is -2.12. The maximum absolute atomic E-state index is 12.8. The lowest BCUT2D eigenvalue weighted by Crippen LogP contribution is -2.27. The minimum absolute atomic E-state index is 0.00417. The van der Waals surface area contributed by atoms with E-state index < -0.39 is 21.0 Å². The third-order valence-electron chi connectivity index (χ3n) is 5.12. The Morgan fingerprint density at radius 2 is 1.57 bits per heavy atom. The van der Waals surface area contributed by atoms with Gasteiger partial charge in [0.15, 0.2) is 0 Å². The molecule has 1 heterocycles. The van der Waals surface area contributed by atoms with Crippen LogP contribution in [0, 0.1) is 20.2 Å². The van der Waals surface area contributed by atoms with E-state index in [-0.39, 0.29) is 35.0 Å². The number of imide groups is 1. The Bertz CT molecular complexity index is 1340. The van der Waals surface area contributed by atoms with Gasteiger partial charge in [-0.15, -0.1) is 0 Å². The SMILES string of the molecule is O=C1S/C(=C/c2ccc(OCc3ccc([N+](=O)[O-])cc3)cc2)C(=O)N1Cc1ccccc1[N+](=O)[O-]. The summed E-state index contributed by atoms with van der Waals surface area (Å²) in [5.74, 6) is 0.0432. The van der Waals surface area contributed by atoms with Crippen molar-refractivity contribution in [1.29, 1.82) is 0 Å². The molecule has 3 aromatic carbocycles. The largest absolute Gasteiger partial charge is 0.489 e. The highest BCUT2D eigenvalue weighted by atomic mass is 32.2. The summed E-state index contributed by atoms with van der Waals surface area (Å²) < 4.78 is 5.69. The molecule has 1 saturated heterocycles. The molecule has 0 saturated carbocycles. The maximum Gasteiger partial charge on any atom is 0.293 e. The Hall–Kier alpha value is -4.51. The first-order valence-electron chi connectivity index (χ1n) is 10.3. The second-order valence-electron chi connectivity index (χ2n) is 7.43. The van der Waals surface area contributed by atoms with Crippen LogP contribution in [-0.2, 0) is 17.9 Å². The highest BCUT2D eigenvalue weighted by Gasteiger charge is 2.36. The number of thioether (sulfide) groups is 1. The van der Waals surface area contributed by atoms with Crippen molar-refractivity contribution in [1.82, 2.24) is 4.90 Å². The molecule has 3 aromatic rings. The number of carbonyl (C=O) groups is 2. The molecule has 0 bridgehead atoms. The molecule has 1 aliphatic rings. The van der Waals surface area contributed by atoms with Gasteiger partial charge in [-0.3, -0.25) is 34.7 Å². The first-order chi connectivity index (χ1) is 16.8. The van der Waals surface area contributed by atoms with E-state index in [1.54, 1.807) is 48.5 Å². The van der Waals surface area contributed by atoms with Crippen molar-refractivity contribution in [2.75, 3.05) is 0 Å². The summed E-state index contributed by atoms with van der Waals surface area (Å²) >= 11 is 0.774. The molecular weight excluding hydrogens is 474 g/mol. The average molecular weight is 491 g/mol. The zero-order chi connectivity index (χ0) is 24.9. The molecule has 0 aliphatic carbocycles. The molecule has 1 fully saturated rings. The molecule has 0 N–H and O–H groups in total. The Labute approximate surface area is 203 Å². The van der Waals surface area contributed by atoms with Crippen molar-refractivity contribution in [3.8, 4) is 5.75 Å².